The lowest BCUT2D eigenvalue weighted by Crippen LogP contribution is -2.38. The predicted octanol–water partition coefficient (Wildman–Crippen LogP) is 2.95. The number of aromatic nitrogens is 2. The topological polar surface area (TPSA) is 67.2 Å². The van der Waals surface area contributed by atoms with Crippen molar-refractivity contribution in [1.29, 1.82) is 0 Å². The van der Waals surface area contributed by atoms with E-state index in [1.807, 2.05) is 52.0 Å². The van der Waals surface area contributed by atoms with Crippen LogP contribution in [0.25, 0.3) is 0 Å². The SMILES string of the molecule is Cc1nn(Cc2ccccc2Cl)c(C)c1C(=O)NC(C)C(C)CO. The van der Waals surface area contributed by atoms with E-state index in [0.717, 1.165) is 11.3 Å². The van der Waals surface area contributed by atoms with Gasteiger partial charge in [0.15, 0.2) is 0 Å². The molecule has 2 atom stereocenters. The first kappa shape index (κ1) is 18.5. The number of hydrogen-bond donors (Lipinski definition) is 2. The van der Waals surface area contributed by atoms with E-state index < -0.39 is 0 Å². The summed E-state index contributed by atoms with van der Waals surface area (Å²) in [5.74, 6) is -0.170. The molecule has 0 aliphatic rings. The van der Waals surface area contributed by atoms with E-state index >= 15 is 0 Å². The van der Waals surface area contributed by atoms with Gasteiger partial charge in [0, 0.05) is 23.4 Å². The van der Waals surface area contributed by atoms with Gasteiger partial charge in [-0.05, 0) is 38.3 Å². The van der Waals surface area contributed by atoms with Gasteiger partial charge in [-0.1, -0.05) is 36.7 Å². The number of aliphatic hydroxyl groups excluding tert-OH is 1. The molecule has 0 aliphatic carbocycles. The Balaban J connectivity index is 2.23. The van der Waals surface area contributed by atoms with Crippen LogP contribution < -0.4 is 5.32 Å². The van der Waals surface area contributed by atoms with Crippen LogP contribution in [-0.2, 0) is 6.54 Å². The van der Waals surface area contributed by atoms with Crippen molar-refractivity contribution in [3.8, 4) is 0 Å². The molecule has 6 heteroatoms. The molecule has 1 heterocycles. The first-order chi connectivity index (χ1) is 11.3. The fourth-order valence-corrected chi connectivity index (χ4v) is 2.74. The fourth-order valence-electron chi connectivity index (χ4n) is 2.55. The van der Waals surface area contributed by atoms with Crippen molar-refractivity contribution in [3.63, 3.8) is 0 Å². The zero-order chi connectivity index (χ0) is 17.9. The molecule has 0 bridgehead atoms. The Morgan fingerprint density at radius 2 is 2.00 bits per heavy atom. The molecule has 1 aromatic carbocycles. The maximum absolute atomic E-state index is 12.6. The third-order valence-corrected chi connectivity index (χ3v) is 4.76. The van der Waals surface area contributed by atoms with Gasteiger partial charge in [0.25, 0.3) is 5.91 Å². The lowest BCUT2D eigenvalue weighted by Gasteiger charge is -2.19. The van der Waals surface area contributed by atoms with Crippen LogP contribution in [-0.4, -0.2) is 33.4 Å². The molecular formula is C18H24ClN3O2. The summed E-state index contributed by atoms with van der Waals surface area (Å²) in [6.07, 6.45) is 0. The molecule has 130 valence electrons. The third-order valence-electron chi connectivity index (χ3n) is 4.39. The smallest absolute Gasteiger partial charge is 0.255 e. The molecule has 2 N–H and O–H groups in total. The Kier molecular flexibility index (Phi) is 6.02. The van der Waals surface area contributed by atoms with E-state index in [-0.39, 0.29) is 24.5 Å². The second kappa shape index (κ2) is 7.81. The maximum atomic E-state index is 12.6. The molecule has 1 amide bonds. The molecule has 0 saturated heterocycles. The van der Waals surface area contributed by atoms with E-state index in [2.05, 4.69) is 10.4 Å². The van der Waals surface area contributed by atoms with Crippen molar-refractivity contribution in [2.75, 3.05) is 6.61 Å². The number of amides is 1. The van der Waals surface area contributed by atoms with Crippen LogP contribution in [0.15, 0.2) is 24.3 Å². The third kappa shape index (κ3) is 3.97. The average Bonchev–Trinajstić information content (AvgIpc) is 2.82. The number of aryl methyl sites for hydroxylation is 1. The Morgan fingerprint density at radius 3 is 2.62 bits per heavy atom. The highest BCUT2D eigenvalue weighted by Crippen LogP contribution is 2.19. The lowest BCUT2D eigenvalue weighted by atomic mass is 10.0. The molecule has 0 radical (unpaired) electrons. The summed E-state index contributed by atoms with van der Waals surface area (Å²) < 4.78 is 1.80. The van der Waals surface area contributed by atoms with Crippen LogP contribution in [0.4, 0.5) is 0 Å². The minimum atomic E-state index is -0.164. The molecule has 24 heavy (non-hydrogen) atoms. The molecule has 0 spiro atoms. The quantitative estimate of drug-likeness (QED) is 0.842. The van der Waals surface area contributed by atoms with E-state index in [1.54, 1.807) is 4.68 Å². The molecule has 5 nitrogen and oxygen atoms in total. The Bertz CT molecular complexity index is 727. The number of carbonyl (C=O) groups excluding carboxylic acids is 1. The summed E-state index contributed by atoms with van der Waals surface area (Å²) in [7, 11) is 0. The van der Waals surface area contributed by atoms with Crippen LogP contribution in [0, 0.1) is 19.8 Å². The van der Waals surface area contributed by atoms with E-state index in [0.29, 0.717) is 22.8 Å². The summed E-state index contributed by atoms with van der Waals surface area (Å²) >= 11 is 6.21. The Labute approximate surface area is 147 Å². The summed E-state index contributed by atoms with van der Waals surface area (Å²) in [5.41, 5.74) is 3.02. The molecule has 0 fully saturated rings. The standard InChI is InChI=1S/C18H24ClN3O2/c1-11(10-23)12(2)20-18(24)17-13(3)21-22(14(17)4)9-15-7-5-6-8-16(15)19/h5-8,11-12,23H,9-10H2,1-4H3,(H,20,24). The second-order valence-electron chi connectivity index (χ2n) is 6.22. The number of nitrogens with zero attached hydrogens (tertiary/aromatic N) is 2. The summed E-state index contributed by atoms with van der Waals surface area (Å²) in [4.78, 5) is 12.6. The summed E-state index contributed by atoms with van der Waals surface area (Å²) in [6, 6.07) is 7.49. The van der Waals surface area contributed by atoms with Crippen LogP contribution in [0.2, 0.25) is 5.02 Å². The Morgan fingerprint density at radius 1 is 1.33 bits per heavy atom. The average molecular weight is 350 g/mol. The van der Waals surface area contributed by atoms with Crippen molar-refractivity contribution in [1.82, 2.24) is 15.1 Å². The molecular weight excluding hydrogens is 326 g/mol. The van der Waals surface area contributed by atoms with E-state index in [9.17, 15) is 9.90 Å². The largest absolute Gasteiger partial charge is 0.396 e. The molecule has 2 rings (SSSR count). The molecule has 0 aliphatic heterocycles. The second-order valence-corrected chi connectivity index (χ2v) is 6.62. The predicted molar refractivity (Wildman–Crippen MR) is 95.4 cm³/mol. The van der Waals surface area contributed by atoms with Crippen molar-refractivity contribution < 1.29 is 9.90 Å². The first-order valence-corrected chi connectivity index (χ1v) is 8.42. The van der Waals surface area contributed by atoms with Gasteiger partial charge in [0.05, 0.1) is 17.8 Å². The molecule has 2 aromatic rings. The highest BCUT2D eigenvalue weighted by molar-refractivity contribution is 6.31. The zero-order valence-electron chi connectivity index (χ0n) is 14.5. The first-order valence-electron chi connectivity index (χ1n) is 8.04. The van der Waals surface area contributed by atoms with Gasteiger partial charge in [-0.3, -0.25) is 9.48 Å². The fraction of sp³-hybridized carbons (Fsp3) is 0.444. The minimum Gasteiger partial charge on any atom is -0.396 e. The molecule has 0 saturated carbocycles. The number of rotatable bonds is 6. The molecule has 1 aromatic heterocycles. The van der Waals surface area contributed by atoms with Gasteiger partial charge >= 0.3 is 0 Å². The van der Waals surface area contributed by atoms with Crippen LogP contribution >= 0.6 is 11.6 Å². The monoisotopic (exact) mass is 349 g/mol. The molecule has 2 unspecified atom stereocenters. The number of hydrogen-bond acceptors (Lipinski definition) is 3. The normalized spacial score (nSPS) is 13.6. The van der Waals surface area contributed by atoms with Crippen LogP contribution in [0.5, 0.6) is 0 Å². The summed E-state index contributed by atoms with van der Waals surface area (Å²) in [6.45, 7) is 8.04. The maximum Gasteiger partial charge on any atom is 0.255 e. The van der Waals surface area contributed by atoms with Gasteiger partial charge in [-0.15, -0.1) is 0 Å². The number of nitrogens with one attached hydrogen (secondary N) is 1. The van der Waals surface area contributed by atoms with Gasteiger partial charge in [-0.2, -0.15) is 5.10 Å². The summed E-state index contributed by atoms with van der Waals surface area (Å²) in [5, 5.41) is 17.3. The van der Waals surface area contributed by atoms with Gasteiger partial charge in [-0.25, -0.2) is 0 Å². The van der Waals surface area contributed by atoms with Gasteiger partial charge < -0.3 is 10.4 Å². The van der Waals surface area contributed by atoms with E-state index in [1.165, 1.54) is 0 Å². The number of aliphatic hydroxyl groups is 1. The number of halogens is 1. The van der Waals surface area contributed by atoms with Crippen LogP contribution in [0.3, 0.4) is 0 Å². The van der Waals surface area contributed by atoms with Crippen molar-refractivity contribution in [2.45, 2.75) is 40.3 Å². The van der Waals surface area contributed by atoms with Crippen LogP contribution in [0.1, 0.15) is 41.2 Å². The van der Waals surface area contributed by atoms with Crippen molar-refractivity contribution in [2.24, 2.45) is 5.92 Å². The highest BCUT2D eigenvalue weighted by atomic mass is 35.5. The van der Waals surface area contributed by atoms with Gasteiger partial charge in [0.2, 0.25) is 0 Å². The number of benzene rings is 1. The van der Waals surface area contributed by atoms with Gasteiger partial charge in [0.1, 0.15) is 0 Å². The van der Waals surface area contributed by atoms with E-state index in [4.69, 9.17) is 11.6 Å². The van der Waals surface area contributed by atoms with Crippen molar-refractivity contribution in [3.05, 3.63) is 51.8 Å². The highest BCUT2D eigenvalue weighted by Gasteiger charge is 2.22. The Hall–Kier alpha value is -1.85. The van der Waals surface area contributed by atoms with Crippen molar-refractivity contribution >= 4 is 17.5 Å². The zero-order valence-corrected chi connectivity index (χ0v) is 15.3. The lowest BCUT2D eigenvalue weighted by molar-refractivity contribution is 0.0915. The number of carbonyl (C=O) groups is 1. The minimum absolute atomic E-state index is 0.00673.